The molecule has 0 heterocycles. The van der Waals surface area contributed by atoms with E-state index in [0.29, 0.717) is 30.4 Å². The molecule has 1 atom stereocenters. The second-order valence-electron chi connectivity index (χ2n) is 5.14. The number of rotatable bonds is 8. The van der Waals surface area contributed by atoms with Crippen molar-refractivity contribution in [1.29, 1.82) is 0 Å². The highest BCUT2D eigenvalue weighted by molar-refractivity contribution is 5.44. The van der Waals surface area contributed by atoms with Crippen LogP contribution >= 0.6 is 0 Å². The van der Waals surface area contributed by atoms with E-state index in [1.54, 1.807) is 26.4 Å². The third kappa shape index (κ3) is 4.60. The van der Waals surface area contributed by atoms with Crippen molar-refractivity contribution in [2.45, 2.75) is 12.3 Å². The van der Waals surface area contributed by atoms with E-state index in [-0.39, 0.29) is 11.7 Å². The molecule has 1 unspecified atom stereocenters. The third-order valence-electron chi connectivity index (χ3n) is 3.69. The Kier molecular flexibility index (Phi) is 6.23. The van der Waals surface area contributed by atoms with Gasteiger partial charge in [0.05, 0.1) is 20.8 Å². The predicted octanol–water partition coefficient (Wildman–Crippen LogP) is 3.35. The zero-order valence-electron chi connectivity index (χ0n) is 13.4. The summed E-state index contributed by atoms with van der Waals surface area (Å²) in [6.45, 7) is 0.946. The fourth-order valence-electron chi connectivity index (χ4n) is 2.40. The van der Waals surface area contributed by atoms with Gasteiger partial charge in [0.1, 0.15) is 11.6 Å². The monoisotopic (exact) mass is 319 g/mol. The van der Waals surface area contributed by atoms with E-state index in [1.807, 2.05) is 18.2 Å². The SMILES string of the molecule is COc1ccc(C(CN)CCOc2cccc(F)c2)cc1OC. The zero-order chi connectivity index (χ0) is 16.7. The maximum atomic E-state index is 13.1. The summed E-state index contributed by atoms with van der Waals surface area (Å²) in [5, 5.41) is 0. The van der Waals surface area contributed by atoms with Gasteiger partial charge in [0.2, 0.25) is 0 Å². The molecule has 0 radical (unpaired) electrons. The number of methoxy groups -OCH3 is 2. The Morgan fingerprint density at radius 2 is 1.83 bits per heavy atom. The van der Waals surface area contributed by atoms with Gasteiger partial charge in [-0.15, -0.1) is 0 Å². The quantitative estimate of drug-likeness (QED) is 0.810. The number of halogens is 1. The van der Waals surface area contributed by atoms with Crippen molar-refractivity contribution in [1.82, 2.24) is 0 Å². The maximum Gasteiger partial charge on any atom is 0.160 e. The molecule has 23 heavy (non-hydrogen) atoms. The minimum absolute atomic E-state index is 0.128. The summed E-state index contributed by atoms with van der Waals surface area (Å²) in [4.78, 5) is 0. The molecular formula is C18H22FNO3. The van der Waals surface area contributed by atoms with Gasteiger partial charge in [0, 0.05) is 6.07 Å². The van der Waals surface area contributed by atoms with Gasteiger partial charge in [-0.1, -0.05) is 12.1 Å². The van der Waals surface area contributed by atoms with Crippen LogP contribution in [-0.2, 0) is 0 Å². The van der Waals surface area contributed by atoms with Crippen molar-refractivity contribution >= 4 is 0 Å². The number of nitrogens with two attached hydrogens (primary N) is 1. The molecule has 2 aromatic rings. The molecule has 0 aliphatic heterocycles. The molecule has 0 saturated heterocycles. The fourth-order valence-corrected chi connectivity index (χ4v) is 2.40. The highest BCUT2D eigenvalue weighted by atomic mass is 19.1. The molecule has 0 fully saturated rings. The summed E-state index contributed by atoms with van der Waals surface area (Å²) in [5.41, 5.74) is 6.95. The minimum Gasteiger partial charge on any atom is -0.493 e. The van der Waals surface area contributed by atoms with E-state index in [4.69, 9.17) is 19.9 Å². The lowest BCUT2D eigenvalue weighted by Gasteiger charge is -2.17. The van der Waals surface area contributed by atoms with Crippen LogP contribution in [0, 0.1) is 5.82 Å². The summed E-state index contributed by atoms with van der Waals surface area (Å²) in [7, 11) is 3.21. The first kappa shape index (κ1) is 17.1. The van der Waals surface area contributed by atoms with Gasteiger partial charge in [-0.2, -0.15) is 0 Å². The Bertz CT molecular complexity index is 633. The molecule has 4 nitrogen and oxygen atoms in total. The molecule has 2 N–H and O–H groups in total. The molecule has 0 bridgehead atoms. The lowest BCUT2D eigenvalue weighted by molar-refractivity contribution is 0.296. The highest BCUT2D eigenvalue weighted by Gasteiger charge is 2.13. The van der Waals surface area contributed by atoms with Crippen molar-refractivity contribution in [3.8, 4) is 17.2 Å². The molecule has 0 aliphatic rings. The van der Waals surface area contributed by atoms with Crippen LogP contribution in [0.2, 0.25) is 0 Å². The van der Waals surface area contributed by atoms with Gasteiger partial charge in [-0.05, 0) is 48.7 Å². The van der Waals surface area contributed by atoms with Crippen LogP contribution in [0.15, 0.2) is 42.5 Å². The van der Waals surface area contributed by atoms with Crippen LogP contribution in [0.4, 0.5) is 4.39 Å². The average Bonchev–Trinajstić information content (AvgIpc) is 2.58. The smallest absolute Gasteiger partial charge is 0.160 e. The van der Waals surface area contributed by atoms with Gasteiger partial charge in [-0.25, -0.2) is 4.39 Å². The van der Waals surface area contributed by atoms with Crippen molar-refractivity contribution in [3.63, 3.8) is 0 Å². The lowest BCUT2D eigenvalue weighted by atomic mass is 9.96. The molecule has 2 rings (SSSR count). The fraction of sp³-hybridized carbons (Fsp3) is 0.333. The Morgan fingerprint density at radius 1 is 1.04 bits per heavy atom. The Morgan fingerprint density at radius 3 is 2.48 bits per heavy atom. The first-order chi connectivity index (χ1) is 11.2. The standard InChI is InChI=1S/C18H22FNO3/c1-21-17-7-6-13(10-18(17)22-2)14(12-20)8-9-23-16-5-3-4-15(19)11-16/h3-7,10-11,14H,8-9,12,20H2,1-2H3. The second kappa shape index (κ2) is 8.39. The van der Waals surface area contributed by atoms with E-state index in [0.717, 1.165) is 12.0 Å². The molecule has 124 valence electrons. The maximum absolute atomic E-state index is 13.1. The van der Waals surface area contributed by atoms with Crippen molar-refractivity contribution in [2.24, 2.45) is 5.73 Å². The van der Waals surface area contributed by atoms with Gasteiger partial charge < -0.3 is 19.9 Å². The first-order valence-corrected chi connectivity index (χ1v) is 7.48. The molecule has 0 spiro atoms. The number of hydrogen-bond donors (Lipinski definition) is 1. The molecule has 2 aromatic carbocycles. The number of ether oxygens (including phenoxy) is 3. The predicted molar refractivity (Wildman–Crippen MR) is 87.9 cm³/mol. The van der Waals surface area contributed by atoms with Crippen molar-refractivity contribution < 1.29 is 18.6 Å². The van der Waals surface area contributed by atoms with Gasteiger partial charge in [-0.3, -0.25) is 0 Å². The molecule has 5 heteroatoms. The third-order valence-corrected chi connectivity index (χ3v) is 3.69. The largest absolute Gasteiger partial charge is 0.493 e. The van der Waals surface area contributed by atoms with Crippen LogP contribution in [0.3, 0.4) is 0 Å². The van der Waals surface area contributed by atoms with Crippen molar-refractivity contribution in [2.75, 3.05) is 27.4 Å². The summed E-state index contributed by atoms with van der Waals surface area (Å²) in [6, 6.07) is 11.9. The first-order valence-electron chi connectivity index (χ1n) is 7.48. The molecule has 0 aromatic heterocycles. The molecule has 0 saturated carbocycles. The summed E-state index contributed by atoms with van der Waals surface area (Å²) >= 11 is 0. The average molecular weight is 319 g/mol. The number of hydrogen-bond acceptors (Lipinski definition) is 4. The molecule has 0 amide bonds. The lowest BCUT2D eigenvalue weighted by Crippen LogP contribution is -2.15. The van der Waals surface area contributed by atoms with E-state index < -0.39 is 0 Å². The minimum atomic E-state index is -0.308. The van der Waals surface area contributed by atoms with Crippen LogP contribution in [0.5, 0.6) is 17.2 Å². The van der Waals surface area contributed by atoms with Gasteiger partial charge >= 0.3 is 0 Å². The summed E-state index contributed by atoms with van der Waals surface area (Å²) < 4.78 is 29.3. The molecule has 0 aliphatic carbocycles. The molecular weight excluding hydrogens is 297 g/mol. The summed E-state index contributed by atoms with van der Waals surface area (Å²) in [5.74, 6) is 1.70. The normalized spacial score (nSPS) is 11.8. The van der Waals surface area contributed by atoms with E-state index in [9.17, 15) is 4.39 Å². The van der Waals surface area contributed by atoms with E-state index >= 15 is 0 Å². The van der Waals surface area contributed by atoms with E-state index in [1.165, 1.54) is 12.1 Å². The Labute approximate surface area is 136 Å². The Balaban J connectivity index is 1.99. The summed E-state index contributed by atoms with van der Waals surface area (Å²) in [6.07, 6.45) is 0.725. The van der Waals surface area contributed by atoms with Crippen LogP contribution in [-0.4, -0.2) is 27.4 Å². The van der Waals surface area contributed by atoms with Crippen molar-refractivity contribution in [3.05, 3.63) is 53.8 Å². The highest BCUT2D eigenvalue weighted by Crippen LogP contribution is 2.31. The van der Waals surface area contributed by atoms with Gasteiger partial charge in [0.25, 0.3) is 0 Å². The van der Waals surface area contributed by atoms with E-state index in [2.05, 4.69) is 0 Å². The number of benzene rings is 2. The van der Waals surface area contributed by atoms with Gasteiger partial charge in [0.15, 0.2) is 11.5 Å². The topological polar surface area (TPSA) is 53.7 Å². The van der Waals surface area contributed by atoms with Crippen LogP contribution in [0.25, 0.3) is 0 Å². The Hall–Kier alpha value is -2.27. The van der Waals surface area contributed by atoms with Crippen LogP contribution in [0.1, 0.15) is 17.9 Å². The zero-order valence-corrected chi connectivity index (χ0v) is 13.4. The van der Waals surface area contributed by atoms with Crippen LogP contribution < -0.4 is 19.9 Å². The second-order valence-corrected chi connectivity index (χ2v) is 5.14.